The van der Waals surface area contributed by atoms with Gasteiger partial charge in [-0.15, -0.1) is 11.3 Å². The molecule has 104 valence electrons. The van der Waals surface area contributed by atoms with Gasteiger partial charge in [0.2, 0.25) is 0 Å². The first-order valence-electron chi connectivity index (χ1n) is 6.74. The summed E-state index contributed by atoms with van der Waals surface area (Å²) in [5, 5.41) is 15.9. The SMILES string of the molecule is Cc1csc(CN2CCC/C(=N/O)c3ccccc32)n1. The predicted octanol–water partition coefficient (Wildman–Crippen LogP) is 3.43. The summed E-state index contributed by atoms with van der Waals surface area (Å²) >= 11 is 1.70. The predicted molar refractivity (Wildman–Crippen MR) is 81.9 cm³/mol. The number of aryl methyl sites for hydroxylation is 1. The highest BCUT2D eigenvalue weighted by atomic mass is 32.1. The lowest BCUT2D eigenvalue weighted by atomic mass is 10.1. The van der Waals surface area contributed by atoms with Crippen LogP contribution in [0.2, 0.25) is 0 Å². The number of hydrogen-bond acceptors (Lipinski definition) is 5. The second kappa shape index (κ2) is 5.63. The van der Waals surface area contributed by atoms with E-state index in [4.69, 9.17) is 0 Å². The Morgan fingerprint density at radius 1 is 1.40 bits per heavy atom. The van der Waals surface area contributed by atoms with Gasteiger partial charge in [0.05, 0.1) is 12.3 Å². The Morgan fingerprint density at radius 3 is 3.00 bits per heavy atom. The molecule has 1 aromatic carbocycles. The Kier molecular flexibility index (Phi) is 3.69. The van der Waals surface area contributed by atoms with Gasteiger partial charge >= 0.3 is 0 Å². The summed E-state index contributed by atoms with van der Waals surface area (Å²) in [4.78, 5) is 6.87. The Balaban J connectivity index is 1.95. The number of hydrogen-bond donors (Lipinski definition) is 1. The van der Waals surface area contributed by atoms with E-state index >= 15 is 0 Å². The number of oxime groups is 1. The number of thiazole rings is 1. The molecule has 0 unspecified atom stereocenters. The van der Waals surface area contributed by atoms with E-state index in [1.165, 1.54) is 0 Å². The van der Waals surface area contributed by atoms with Crippen molar-refractivity contribution in [1.29, 1.82) is 0 Å². The third-order valence-corrected chi connectivity index (χ3v) is 4.46. The lowest BCUT2D eigenvalue weighted by Gasteiger charge is -2.23. The fourth-order valence-corrected chi connectivity index (χ4v) is 3.38. The van der Waals surface area contributed by atoms with Crippen molar-refractivity contribution in [3.05, 3.63) is 45.9 Å². The molecule has 0 atom stereocenters. The Bertz CT molecular complexity index is 636. The van der Waals surface area contributed by atoms with Crippen LogP contribution in [-0.2, 0) is 6.54 Å². The molecule has 1 N–H and O–H groups in total. The van der Waals surface area contributed by atoms with Gasteiger partial charge in [-0.05, 0) is 25.8 Å². The molecule has 1 aromatic heterocycles. The summed E-state index contributed by atoms with van der Waals surface area (Å²) < 4.78 is 0. The summed E-state index contributed by atoms with van der Waals surface area (Å²) in [7, 11) is 0. The highest BCUT2D eigenvalue weighted by Crippen LogP contribution is 2.28. The van der Waals surface area contributed by atoms with Crippen molar-refractivity contribution in [2.24, 2.45) is 5.16 Å². The van der Waals surface area contributed by atoms with Crippen LogP contribution in [0.15, 0.2) is 34.8 Å². The van der Waals surface area contributed by atoms with Crippen LogP contribution < -0.4 is 4.90 Å². The molecule has 0 saturated carbocycles. The number of anilines is 1. The zero-order chi connectivity index (χ0) is 13.9. The molecular formula is C15H17N3OS. The molecule has 0 fully saturated rings. The normalized spacial score (nSPS) is 17.1. The summed E-state index contributed by atoms with van der Waals surface area (Å²) in [5.74, 6) is 0. The first-order chi connectivity index (χ1) is 9.78. The van der Waals surface area contributed by atoms with Crippen LogP contribution in [0.4, 0.5) is 5.69 Å². The van der Waals surface area contributed by atoms with Crippen LogP contribution in [0.1, 0.15) is 29.1 Å². The van der Waals surface area contributed by atoms with E-state index < -0.39 is 0 Å². The third kappa shape index (κ3) is 2.54. The van der Waals surface area contributed by atoms with Crippen LogP contribution in [0.3, 0.4) is 0 Å². The molecule has 3 rings (SSSR count). The quantitative estimate of drug-likeness (QED) is 0.680. The summed E-state index contributed by atoms with van der Waals surface area (Å²) in [6, 6.07) is 8.13. The molecule has 20 heavy (non-hydrogen) atoms. The minimum Gasteiger partial charge on any atom is -0.411 e. The van der Waals surface area contributed by atoms with Crippen LogP contribution in [0.5, 0.6) is 0 Å². The van der Waals surface area contributed by atoms with Crippen molar-refractivity contribution in [2.75, 3.05) is 11.4 Å². The van der Waals surface area contributed by atoms with Crippen LogP contribution >= 0.6 is 11.3 Å². The van der Waals surface area contributed by atoms with Gasteiger partial charge < -0.3 is 10.1 Å². The lowest BCUT2D eigenvalue weighted by molar-refractivity contribution is 0.318. The van der Waals surface area contributed by atoms with Gasteiger partial charge in [0, 0.05) is 28.9 Å². The van der Waals surface area contributed by atoms with Crippen LogP contribution in [-0.4, -0.2) is 22.4 Å². The van der Waals surface area contributed by atoms with Gasteiger partial charge in [0.1, 0.15) is 5.01 Å². The smallest absolute Gasteiger partial charge is 0.112 e. The van der Waals surface area contributed by atoms with E-state index in [0.717, 1.165) is 53.6 Å². The molecule has 0 saturated heterocycles. The van der Waals surface area contributed by atoms with Crippen molar-refractivity contribution in [1.82, 2.24) is 4.98 Å². The van der Waals surface area contributed by atoms with Crippen molar-refractivity contribution in [3.63, 3.8) is 0 Å². The highest BCUT2D eigenvalue weighted by molar-refractivity contribution is 7.09. The molecule has 0 spiro atoms. The van der Waals surface area contributed by atoms with Gasteiger partial charge in [-0.1, -0.05) is 23.4 Å². The lowest BCUT2D eigenvalue weighted by Crippen LogP contribution is -2.23. The first kappa shape index (κ1) is 13.1. The van der Waals surface area contributed by atoms with Crippen molar-refractivity contribution in [3.8, 4) is 0 Å². The van der Waals surface area contributed by atoms with E-state index in [0.29, 0.717) is 0 Å². The molecule has 0 aliphatic carbocycles. The molecule has 5 heteroatoms. The first-order valence-corrected chi connectivity index (χ1v) is 7.62. The van der Waals surface area contributed by atoms with Crippen molar-refractivity contribution < 1.29 is 5.21 Å². The number of rotatable bonds is 2. The second-order valence-electron chi connectivity index (χ2n) is 4.97. The van der Waals surface area contributed by atoms with Gasteiger partial charge in [0.25, 0.3) is 0 Å². The number of nitrogens with zero attached hydrogens (tertiary/aromatic N) is 3. The maximum Gasteiger partial charge on any atom is 0.112 e. The second-order valence-corrected chi connectivity index (χ2v) is 5.91. The topological polar surface area (TPSA) is 48.7 Å². The fraction of sp³-hybridized carbons (Fsp3) is 0.333. The standard InChI is InChI=1S/C15H17N3OS/c1-11-10-20-15(16-11)9-18-8-4-6-13(17-19)12-5-2-3-7-14(12)18/h2-3,5,7,10,19H,4,6,8-9H2,1H3/b17-13-. The van der Waals surface area contributed by atoms with Gasteiger partial charge in [-0.3, -0.25) is 0 Å². The van der Waals surface area contributed by atoms with Crippen molar-refractivity contribution >= 4 is 22.7 Å². The van der Waals surface area contributed by atoms with Crippen LogP contribution in [0, 0.1) is 6.92 Å². The minimum atomic E-state index is 0.776. The molecule has 1 aliphatic heterocycles. The minimum absolute atomic E-state index is 0.776. The van der Waals surface area contributed by atoms with E-state index in [1.54, 1.807) is 11.3 Å². The zero-order valence-electron chi connectivity index (χ0n) is 11.4. The Labute approximate surface area is 122 Å². The number of benzene rings is 1. The molecule has 2 aromatic rings. The highest BCUT2D eigenvalue weighted by Gasteiger charge is 2.20. The zero-order valence-corrected chi connectivity index (χ0v) is 12.2. The molecule has 0 bridgehead atoms. The molecule has 1 aliphatic rings. The third-order valence-electron chi connectivity index (χ3n) is 3.51. The van der Waals surface area contributed by atoms with Gasteiger partial charge in [-0.2, -0.15) is 0 Å². The average Bonchev–Trinajstić information content (AvgIpc) is 2.79. The monoisotopic (exact) mass is 287 g/mol. The van der Waals surface area contributed by atoms with E-state index in [-0.39, 0.29) is 0 Å². The maximum atomic E-state index is 9.20. The summed E-state index contributed by atoms with van der Waals surface area (Å²) in [5.41, 5.74) is 4.01. The maximum absolute atomic E-state index is 9.20. The fourth-order valence-electron chi connectivity index (χ4n) is 2.59. The Morgan fingerprint density at radius 2 is 2.25 bits per heavy atom. The van der Waals surface area contributed by atoms with E-state index in [1.807, 2.05) is 25.1 Å². The van der Waals surface area contributed by atoms with E-state index in [2.05, 4.69) is 26.5 Å². The average molecular weight is 287 g/mol. The Hall–Kier alpha value is -1.88. The summed E-state index contributed by atoms with van der Waals surface area (Å²) in [6.45, 7) is 3.79. The molecular weight excluding hydrogens is 270 g/mol. The number of aromatic nitrogens is 1. The van der Waals surface area contributed by atoms with Gasteiger partial charge in [-0.25, -0.2) is 4.98 Å². The van der Waals surface area contributed by atoms with Gasteiger partial charge in [0.15, 0.2) is 0 Å². The van der Waals surface area contributed by atoms with Crippen molar-refractivity contribution in [2.45, 2.75) is 26.3 Å². The number of para-hydroxylation sites is 1. The molecule has 0 amide bonds. The molecule has 4 nitrogen and oxygen atoms in total. The summed E-state index contributed by atoms with van der Waals surface area (Å²) in [6.07, 6.45) is 1.79. The molecule has 2 heterocycles. The van der Waals surface area contributed by atoms with Crippen LogP contribution in [0.25, 0.3) is 0 Å². The molecule has 0 radical (unpaired) electrons. The largest absolute Gasteiger partial charge is 0.411 e. The van der Waals surface area contributed by atoms with E-state index in [9.17, 15) is 5.21 Å². The number of fused-ring (bicyclic) bond motifs is 1.